The van der Waals surface area contributed by atoms with E-state index < -0.39 is 0 Å². The molecule has 7 heteroatoms. The van der Waals surface area contributed by atoms with Gasteiger partial charge in [-0.05, 0) is 56.2 Å². The van der Waals surface area contributed by atoms with Crippen molar-refractivity contribution in [1.82, 2.24) is 20.3 Å². The van der Waals surface area contributed by atoms with Gasteiger partial charge in [0, 0.05) is 11.1 Å². The maximum atomic E-state index is 12.6. The van der Waals surface area contributed by atoms with Crippen LogP contribution in [0.25, 0.3) is 5.69 Å². The van der Waals surface area contributed by atoms with Gasteiger partial charge in [0.25, 0.3) is 5.91 Å². The largest absolute Gasteiger partial charge is 0.497 e. The summed E-state index contributed by atoms with van der Waals surface area (Å²) in [4.78, 5) is 14.0. The maximum Gasteiger partial charge on any atom is 0.273 e. The number of benzene rings is 2. The highest BCUT2D eigenvalue weighted by Gasteiger charge is 2.18. The van der Waals surface area contributed by atoms with Crippen LogP contribution in [0.15, 0.2) is 48.5 Å². The Balaban J connectivity index is 1.70. The second-order valence-corrected chi connectivity index (χ2v) is 6.77. The minimum atomic E-state index is -0.254. The van der Waals surface area contributed by atoms with E-state index in [-0.39, 0.29) is 11.9 Å². The van der Waals surface area contributed by atoms with E-state index in [0.717, 1.165) is 11.3 Å². The van der Waals surface area contributed by atoms with Gasteiger partial charge in [-0.3, -0.25) is 4.79 Å². The van der Waals surface area contributed by atoms with Gasteiger partial charge < -0.3 is 10.1 Å². The summed E-state index contributed by atoms with van der Waals surface area (Å²) >= 11 is 6.01. The first-order valence-electron chi connectivity index (χ1n) is 8.60. The van der Waals surface area contributed by atoms with Crippen LogP contribution in [-0.4, -0.2) is 34.1 Å². The lowest BCUT2D eigenvalue weighted by molar-refractivity contribution is 0.0934. The smallest absolute Gasteiger partial charge is 0.273 e. The van der Waals surface area contributed by atoms with Crippen LogP contribution in [0.2, 0.25) is 5.02 Å². The van der Waals surface area contributed by atoms with Crippen LogP contribution >= 0.6 is 11.6 Å². The van der Waals surface area contributed by atoms with Gasteiger partial charge >= 0.3 is 0 Å². The number of aryl methyl sites for hydroxylation is 1. The molecule has 3 aromatic rings. The zero-order valence-corrected chi connectivity index (χ0v) is 16.2. The van der Waals surface area contributed by atoms with Crippen LogP contribution in [0.5, 0.6) is 5.75 Å². The van der Waals surface area contributed by atoms with Crippen LogP contribution < -0.4 is 10.1 Å². The van der Waals surface area contributed by atoms with E-state index in [1.165, 1.54) is 4.80 Å². The Morgan fingerprint density at radius 3 is 2.74 bits per heavy atom. The predicted molar refractivity (Wildman–Crippen MR) is 105 cm³/mol. The first kappa shape index (κ1) is 18.9. The number of aromatic nitrogens is 3. The fraction of sp³-hybridized carbons (Fsp3) is 0.250. The van der Waals surface area contributed by atoms with Crippen molar-refractivity contribution in [3.63, 3.8) is 0 Å². The summed E-state index contributed by atoms with van der Waals surface area (Å²) in [5.41, 5.74) is 2.64. The molecule has 0 radical (unpaired) electrons. The third-order valence-corrected chi connectivity index (χ3v) is 4.32. The molecule has 0 saturated heterocycles. The van der Waals surface area contributed by atoms with Gasteiger partial charge in [-0.2, -0.15) is 9.90 Å². The molecule has 0 aliphatic carbocycles. The van der Waals surface area contributed by atoms with Gasteiger partial charge in [0.1, 0.15) is 5.75 Å². The fourth-order valence-corrected chi connectivity index (χ4v) is 2.99. The zero-order valence-electron chi connectivity index (χ0n) is 15.4. The van der Waals surface area contributed by atoms with Gasteiger partial charge in [0.15, 0.2) is 5.69 Å². The van der Waals surface area contributed by atoms with Crippen LogP contribution in [0.4, 0.5) is 0 Å². The number of carbonyl (C=O) groups is 1. The Labute approximate surface area is 163 Å². The van der Waals surface area contributed by atoms with Crippen molar-refractivity contribution in [2.45, 2.75) is 26.3 Å². The zero-order chi connectivity index (χ0) is 19.4. The highest BCUT2D eigenvalue weighted by Crippen LogP contribution is 2.16. The molecular weight excluding hydrogens is 364 g/mol. The number of nitrogens with one attached hydrogen (secondary N) is 1. The Kier molecular flexibility index (Phi) is 5.76. The van der Waals surface area contributed by atoms with Crippen LogP contribution in [0.1, 0.15) is 28.7 Å². The molecule has 1 N–H and O–H groups in total. The van der Waals surface area contributed by atoms with Gasteiger partial charge in [0.2, 0.25) is 0 Å². The molecule has 0 bridgehead atoms. The lowest BCUT2D eigenvalue weighted by atomic mass is 10.1. The first-order chi connectivity index (χ1) is 13.0. The summed E-state index contributed by atoms with van der Waals surface area (Å²) in [6.07, 6.45) is 0.685. The highest BCUT2D eigenvalue weighted by molar-refractivity contribution is 6.30. The van der Waals surface area contributed by atoms with Gasteiger partial charge in [-0.15, -0.1) is 5.10 Å². The Morgan fingerprint density at radius 2 is 2.00 bits per heavy atom. The number of ether oxygens (including phenoxy) is 1. The third-order valence-electron chi connectivity index (χ3n) is 4.09. The van der Waals surface area contributed by atoms with Gasteiger partial charge in [-0.25, -0.2) is 0 Å². The normalized spacial score (nSPS) is 11.9. The molecule has 1 unspecified atom stereocenters. The third kappa shape index (κ3) is 4.65. The van der Waals surface area contributed by atoms with E-state index in [2.05, 4.69) is 15.5 Å². The lowest BCUT2D eigenvalue weighted by Crippen LogP contribution is -2.34. The quantitative estimate of drug-likeness (QED) is 0.705. The van der Waals surface area contributed by atoms with Crippen molar-refractivity contribution >= 4 is 17.5 Å². The van der Waals surface area contributed by atoms with Crippen LogP contribution in [0, 0.1) is 6.92 Å². The molecule has 140 valence electrons. The summed E-state index contributed by atoms with van der Waals surface area (Å²) < 4.78 is 5.24. The number of methoxy groups -OCH3 is 1. The molecule has 1 heterocycles. The Bertz CT molecular complexity index is 955. The number of rotatable bonds is 6. The second-order valence-electron chi connectivity index (χ2n) is 6.33. The molecule has 1 amide bonds. The highest BCUT2D eigenvalue weighted by atomic mass is 35.5. The number of halogens is 1. The van der Waals surface area contributed by atoms with Crippen molar-refractivity contribution in [2.24, 2.45) is 0 Å². The van der Waals surface area contributed by atoms with E-state index in [1.807, 2.05) is 43.3 Å². The number of amides is 1. The molecule has 0 aliphatic rings. The monoisotopic (exact) mass is 384 g/mol. The van der Waals surface area contributed by atoms with Crippen molar-refractivity contribution in [1.29, 1.82) is 0 Å². The molecule has 1 atom stereocenters. The van der Waals surface area contributed by atoms with Crippen molar-refractivity contribution < 1.29 is 9.53 Å². The van der Waals surface area contributed by atoms with E-state index in [4.69, 9.17) is 16.3 Å². The van der Waals surface area contributed by atoms with Crippen molar-refractivity contribution in [3.8, 4) is 11.4 Å². The molecule has 0 spiro atoms. The van der Waals surface area contributed by atoms with Crippen LogP contribution in [-0.2, 0) is 6.42 Å². The lowest BCUT2D eigenvalue weighted by Gasteiger charge is -2.13. The molecule has 1 aromatic heterocycles. The number of nitrogens with zero attached hydrogens (tertiary/aromatic N) is 3. The van der Waals surface area contributed by atoms with Crippen molar-refractivity contribution in [2.75, 3.05) is 7.11 Å². The molecule has 0 saturated carbocycles. The summed E-state index contributed by atoms with van der Waals surface area (Å²) in [7, 11) is 1.64. The number of hydrogen-bond acceptors (Lipinski definition) is 4. The molecule has 0 aliphatic heterocycles. The molecule has 27 heavy (non-hydrogen) atoms. The second kappa shape index (κ2) is 8.22. The fourth-order valence-electron chi connectivity index (χ4n) is 2.80. The Morgan fingerprint density at radius 1 is 1.22 bits per heavy atom. The van der Waals surface area contributed by atoms with E-state index in [0.29, 0.717) is 28.5 Å². The molecule has 6 nitrogen and oxygen atoms in total. The van der Waals surface area contributed by atoms with Gasteiger partial charge in [-0.1, -0.05) is 29.8 Å². The van der Waals surface area contributed by atoms with E-state index in [9.17, 15) is 4.79 Å². The number of hydrogen-bond donors (Lipinski definition) is 1. The van der Waals surface area contributed by atoms with Crippen LogP contribution in [0.3, 0.4) is 0 Å². The van der Waals surface area contributed by atoms with E-state index in [1.54, 1.807) is 26.2 Å². The first-order valence-corrected chi connectivity index (χ1v) is 8.97. The van der Waals surface area contributed by atoms with Gasteiger partial charge in [0.05, 0.1) is 18.5 Å². The summed E-state index contributed by atoms with van der Waals surface area (Å²) in [6, 6.07) is 14.9. The maximum absolute atomic E-state index is 12.6. The molecule has 0 fully saturated rings. The molecule has 2 aromatic carbocycles. The number of carbonyl (C=O) groups excluding carboxylic acids is 1. The van der Waals surface area contributed by atoms with Crippen molar-refractivity contribution in [3.05, 3.63) is 70.5 Å². The predicted octanol–water partition coefficient (Wildman–Crippen LogP) is 3.60. The standard InChI is InChI=1S/C20H21ClN4O2/c1-13(10-15-6-4-9-18(11-15)27-3)22-20(26)19-14(2)23-25(24-19)17-8-5-7-16(21)12-17/h4-9,11-13H,10H2,1-3H3,(H,22,26). The average Bonchev–Trinajstić information content (AvgIpc) is 3.03. The summed E-state index contributed by atoms with van der Waals surface area (Å²) in [6.45, 7) is 3.71. The summed E-state index contributed by atoms with van der Waals surface area (Å²) in [5.74, 6) is 0.544. The summed E-state index contributed by atoms with van der Waals surface area (Å²) in [5, 5.41) is 12.2. The minimum Gasteiger partial charge on any atom is -0.497 e. The molecular formula is C20H21ClN4O2. The minimum absolute atomic E-state index is 0.0691. The Hall–Kier alpha value is -2.86. The topological polar surface area (TPSA) is 69.0 Å². The SMILES string of the molecule is COc1cccc(CC(C)NC(=O)c2nn(-c3cccc(Cl)c3)nc2C)c1. The molecule has 3 rings (SSSR count). The average molecular weight is 385 g/mol. The van der Waals surface area contributed by atoms with E-state index >= 15 is 0 Å².